The highest BCUT2D eigenvalue weighted by molar-refractivity contribution is 7.92. The number of carbonyl (C=O) groups is 1. The maximum atomic E-state index is 13.2. The molecule has 1 amide bonds. The highest BCUT2D eigenvalue weighted by atomic mass is 32.2. The maximum absolute atomic E-state index is 13.2. The van der Waals surface area contributed by atoms with Crippen molar-refractivity contribution in [2.75, 3.05) is 12.8 Å². The number of aliphatic hydroxyl groups is 1. The average molecular weight is 357 g/mol. The Labute approximate surface area is 131 Å². The van der Waals surface area contributed by atoms with Gasteiger partial charge in [0.1, 0.15) is 16.8 Å². The molecule has 0 saturated heterocycles. The molecule has 6 nitrogen and oxygen atoms in total. The molecule has 0 aliphatic carbocycles. The normalized spacial score (nSPS) is 16.7. The molecule has 2 unspecified atom stereocenters. The first kappa shape index (κ1) is 19.5. The van der Waals surface area contributed by atoms with Crippen LogP contribution >= 0.6 is 0 Å². The summed E-state index contributed by atoms with van der Waals surface area (Å²) in [5, 5.41) is 10.6. The second kappa shape index (κ2) is 6.52. The summed E-state index contributed by atoms with van der Waals surface area (Å²) < 4.78 is 66.7. The van der Waals surface area contributed by atoms with Crippen LogP contribution in [0.25, 0.3) is 0 Å². The van der Waals surface area contributed by atoms with Crippen molar-refractivity contribution in [3.05, 3.63) is 23.7 Å². The van der Waals surface area contributed by atoms with Gasteiger partial charge in [0.05, 0.1) is 0 Å². The topological polar surface area (TPSA) is 96.6 Å². The lowest BCUT2D eigenvalue weighted by Crippen LogP contribution is -2.46. The first-order valence-electron chi connectivity index (χ1n) is 6.61. The van der Waals surface area contributed by atoms with E-state index in [1.54, 1.807) is 0 Å². The van der Waals surface area contributed by atoms with Gasteiger partial charge in [-0.05, 0) is 26.0 Å². The first-order valence-corrected chi connectivity index (χ1v) is 8.57. The van der Waals surface area contributed by atoms with Crippen molar-refractivity contribution >= 4 is 15.7 Å². The number of hydrogen-bond donors (Lipinski definition) is 2. The third-order valence-corrected chi connectivity index (χ3v) is 4.91. The lowest BCUT2D eigenvalue weighted by Gasteiger charge is -2.28. The Bertz CT molecular complexity index is 667. The molecule has 0 radical (unpaired) electrons. The van der Waals surface area contributed by atoms with Crippen molar-refractivity contribution in [1.82, 2.24) is 5.32 Å². The molecule has 0 fully saturated rings. The zero-order valence-corrected chi connectivity index (χ0v) is 13.6. The first-order chi connectivity index (χ1) is 10.3. The van der Waals surface area contributed by atoms with Gasteiger partial charge in [0, 0.05) is 19.2 Å². The summed E-state index contributed by atoms with van der Waals surface area (Å²) in [7, 11) is -3.66. The summed E-state index contributed by atoms with van der Waals surface area (Å²) in [5.74, 6) is -1.43. The van der Waals surface area contributed by atoms with E-state index in [1.807, 2.05) is 0 Å². The van der Waals surface area contributed by atoms with Crippen LogP contribution in [0.15, 0.2) is 16.5 Å². The molecule has 0 aromatic carbocycles. The van der Waals surface area contributed by atoms with E-state index in [9.17, 15) is 31.5 Å². The van der Waals surface area contributed by atoms with Crippen molar-refractivity contribution in [3.8, 4) is 0 Å². The smallest absolute Gasteiger partial charge is 0.424 e. The van der Waals surface area contributed by atoms with Crippen LogP contribution in [0.3, 0.4) is 0 Å². The van der Waals surface area contributed by atoms with E-state index in [2.05, 4.69) is 5.32 Å². The van der Waals surface area contributed by atoms with Gasteiger partial charge in [0.15, 0.2) is 9.84 Å². The quantitative estimate of drug-likeness (QED) is 0.799. The molecule has 1 aromatic rings. The molecule has 0 spiro atoms. The molecular formula is C13H18F3NO5S. The Morgan fingerprint density at radius 3 is 2.35 bits per heavy atom. The molecule has 2 atom stereocenters. The van der Waals surface area contributed by atoms with Crippen LogP contribution in [0.4, 0.5) is 13.2 Å². The fourth-order valence-electron chi connectivity index (χ4n) is 1.77. The lowest BCUT2D eigenvalue weighted by atomic mass is 9.95. The Morgan fingerprint density at radius 2 is 1.96 bits per heavy atom. The second-order valence-electron chi connectivity index (χ2n) is 5.28. The van der Waals surface area contributed by atoms with Gasteiger partial charge in [0.2, 0.25) is 11.5 Å². The summed E-state index contributed by atoms with van der Waals surface area (Å²) in [4.78, 5) is 11.6. The van der Waals surface area contributed by atoms with E-state index in [4.69, 9.17) is 4.42 Å². The maximum Gasteiger partial charge on any atom is 0.424 e. The number of halogens is 3. The minimum Gasteiger partial charge on any atom is -0.463 e. The standard InChI is InChI=1S/C13H18F3NO5S/c1-8-4-5-10(22-8)12(19,13(14,15)16)6-7-17-11(18)9(2)23(3,20)21/h4-5,9,19H,6-7H2,1-3H3,(H,17,18). The summed E-state index contributed by atoms with van der Waals surface area (Å²) in [6, 6.07) is 2.28. The van der Waals surface area contributed by atoms with Gasteiger partial charge in [-0.2, -0.15) is 13.2 Å². The molecule has 1 aromatic heterocycles. The highest BCUT2D eigenvalue weighted by Crippen LogP contribution is 2.41. The van der Waals surface area contributed by atoms with Crippen LogP contribution in [0.1, 0.15) is 24.9 Å². The molecule has 1 heterocycles. The molecule has 2 N–H and O–H groups in total. The van der Waals surface area contributed by atoms with Crippen LogP contribution in [0.2, 0.25) is 0 Å². The predicted octanol–water partition coefficient (Wildman–Crippen LogP) is 1.28. The third-order valence-electron chi connectivity index (χ3n) is 3.41. The molecule has 0 aliphatic heterocycles. The highest BCUT2D eigenvalue weighted by Gasteiger charge is 2.56. The van der Waals surface area contributed by atoms with Gasteiger partial charge in [-0.25, -0.2) is 8.42 Å². The number of carbonyl (C=O) groups excluding carboxylic acids is 1. The Kier molecular flexibility index (Phi) is 5.53. The second-order valence-corrected chi connectivity index (χ2v) is 7.65. The zero-order chi connectivity index (χ0) is 18.1. The Morgan fingerprint density at radius 1 is 1.39 bits per heavy atom. The van der Waals surface area contributed by atoms with Crippen molar-refractivity contribution < 1.29 is 35.9 Å². The number of rotatable bonds is 6. The van der Waals surface area contributed by atoms with E-state index in [-0.39, 0.29) is 5.76 Å². The van der Waals surface area contributed by atoms with Gasteiger partial charge >= 0.3 is 6.18 Å². The minimum atomic E-state index is -5.02. The van der Waals surface area contributed by atoms with Crippen LogP contribution in [-0.2, 0) is 20.2 Å². The number of furan rings is 1. The molecule has 10 heteroatoms. The summed E-state index contributed by atoms with van der Waals surface area (Å²) >= 11 is 0. The zero-order valence-electron chi connectivity index (χ0n) is 12.8. The van der Waals surface area contributed by atoms with E-state index < -0.39 is 51.5 Å². The van der Waals surface area contributed by atoms with Crippen LogP contribution in [0.5, 0.6) is 0 Å². The number of amides is 1. The fourth-order valence-corrected chi connectivity index (χ4v) is 2.24. The average Bonchev–Trinajstić information content (AvgIpc) is 2.82. The number of sulfone groups is 1. The van der Waals surface area contributed by atoms with Gasteiger partial charge in [-0.15, -0.1) is 0 Å². The summed E-state index contributed by atoms with van der Waals surface area (Å²) in [6.45, 7) is 1.97. The third kappa shape index (κ3) is 4.47. The summed E-state index contributed by atoms with van der Waals surface area (Å²) in [5.41, 5.74) is -3.27. The molecule has 0 aliphatic rings. The number of hydrogen-bond acceptors (Lipinski definition) is 5. The van der Waals surface area contributed by atoms with E-state index in [1.165, 1.54) is 13.0 Å². The molecule has 132 valence electrons. The molecule has 1 rings (SSSR count). The van der Waals surface area contributed by atoms with Crippen LogP contribution in [0, 0.1) is 6.92 Å². The van der Waals surface area contributed by atoms with Gasteiger partial charge in [0.25, 0.3) is 0 Å². The van der Waals surface area contributed by atoms with Crippen molar-refractivity contribution in [2.24, 2.45) is 0 Å². The predicted molar refractivity (Wildman–Crippen MR) is 75.3 cm³/mol. The Hall–Kier alpha value is -1.55. The number of nitrogens with one attached hydrogen (secondary N) is 1. The SMILES string of the molecule is Cc1ccc(C(O)(CCNC(=O)C(C)S(C)(=O)=O)C(F)(F)F)o1. The summed E-state index contributed by atoms with van der Waals surface area (Å²) in [6.07, 6.45) is -5.09. The van der Waals surface area contributed by atoms with Gasteiger partial charge in [-0.1, -0.05) is 0 Å². The monoisotopic (exact) mass is 357 g/mol. The van der Waals surface area contributed by atoms with Crippen molar-refractivity contribution in [3.63, 3.8) is 0 Å². The van der Waals surface area contributed by atoms with E-state index >= 15 is 0 Å². The lowest BCUT2D eigenvalue weighted by molar-refractivity contribution is -0.274. The fraction of sp³-hybridized carbons (Fsp3) is 0.615. The minimum absolute atomic E-state index is 0.192. The number of alkyl halides is 3. The Balaban J connectivity index is 2.84. The molecule has 23 heavy (non-hydrogen) atoms. The van der Waals surface area contributed by atoms with Crippen LogP contribution < -0.4 is 5.32 Å². The molecule has 0 bridgehead atoms. The van der Waals surface area contributed by atoms with Gasteiger partial charge in [-0.3, -0.25) is 4.79 Å². The van der Waals surface area contributed by atoms with E-state index in [0.717, 1.165) is 19.2 Å². The van der Waals surface area contributed by atoms with Gasteiger partial charge < -0.3 is 14.8 Å². The molecular weight excluding hydrogens is 339 g/mol. The van der Waals surface area contributed by atoms with E-state index in [0.29, 0.717) is 0 Å². The van der Waals surface area contributed by atoms with Crippen molar-refractivity contribution in [1.29, 1.82) is 0 Å². The number of aryl methyl sites for hydroxylation is 1. The van der Waals surface area contributed by atoms with Crippen molar-refractivity contribution in [2.45, 2.75) is 37.3 Å². The van der Waals surface area contributed by atoms with Crippen LogP contribution in [-0.4, -0.2) is 43.7 Å². The largest absolute Gasteiger partial charge is 0.463 e. The molecule has 0 saturated carbocycles.